The monoisotopic (exact) mass is 561 g/mol. The molecule has 4 rings (SSSR count). The molecular formula is C25H28IN3O4. The largest absolute Gasteiger partial charge is 0.505 e. The van der Waals surface area contributed by atoms with E-state index in [2.05, 4.69) is 40.3 Å². The molecule has 2 aliphatic carbocycles. The average Bonchev–Trinajstić information content (AvgIpc) is 2.84. The summed E-state index contributed by atoms with van der Waals surface area (Å²) in [6.07, 6.45) is 2.91. The van der Waals surface area contributed by atoms with Gasteiger partial charge in [0, 0.05) is 26.1 Å². The number of benzene rings is 2. The Kier molecular flexibility index (Phi) is 6.94. The molecule has 0 aliphatic heterocycles. The number of aliphatic hydroxyl groups is 1. The van der Waals surface area contributed by atoms with Crippen molar-refractivity contribution < 1.29 is 19.8 Å². The van der Waals surface area contributed by atoms with Crippen LogP contribution in [-0.2, 0) is 4.79 Å². The van der Waals surface area contributed by atoms with Gasteiger partial charge in [0.05, 0.1) is 39.8 Å². The first-order valence-corrected chi connectivity index (χ1v) is 12.0. The number of nitrogens with one attached hydrogen (secondary N) is 1. The van der Waals surface area contributed by atoms with E-state index < -0.39 is 6.10 Å². The Bertz CT molecular complexity index is 1090. The minimum atomic E-state index is -1.29. The lowest BCUT2D eigenvalue weighted by atomic mass is 9.79. The quantitative estimate of drug-likeness (QED) is 0.280. The zero-order valence-corrected chi connectivity index (χ0v) is 20.8. The molecule has 2 aromatic rings. The van der Waals surface area contributed by atoms with Crippen LogP contribution in [0.1, 0.15) is 47.5 Å². The zero-order chi connectivity index (χ0) is 23.7. The molecule has 0 bridgehead atoms. The van der Waals surface area contributed by atoms with Crippen LogP contribution in [0.2, 0.25) is 0 Å². The number of Topliss-reactive ketones (excluding diaryl/α,β-unsaturated/α-hetero) is 1. The molecule has 2 aliphatic rings. The van der Waals surface area contributed by atoms with Gasteiger partial charge in [-0.25, -0.2) is 0 Å². The number of phenols is 1. The van der Waals surface area contributed by atoms with E-state index in [-0.39, 0.29) is 40.7 Å². The number of anilines is 1. The van der Waals surface area contributed by atoms with E-state index in [1.54, 1.807) is 26.2 Å². The maximum atomic E-state index is 12.7. The zero-order valence-electron chi connectivity index (χ0n) is 18.7. The number of hydrogen-bond donors (Lipinski definition) is 3. The number of ketones is 1. The van der Waals surface area contributed by atoms with Crippen molar-refractivity contribution in [1.82, 2.24) is 8.01 Å². The van der Waals surface area contributed by atoms with Crippen molar-refractivity contribution in [2.75, 3.05) is 19.4 Å². The third-order valence-electron chi connectivity index (χ3n) is 6.41. The van der Waals surface area contributed by atoms with Crippen LogP contribution in [0.15, 0.2) is 59.9 Å². The fraction of sp³-hybridized carbons (Fsp3) is 0.360. The second-order valence-corrected chi connectivity index (χ2v) is 9.78. The molecule has 7 nitrogen and oxygen atoms in total. The number of aromatic hydroxyl groups is 1. The topological polar surface area (TPSA) is 93.1 Å². The van der Waals surface area contributed by atoms with Crippen LogP contribution in [-0.4, -0.2) is 56.2 Å². The van der Waals surface area contributed by atoms with E-state index in [1.807, 2.05) is 21.3 Å². The van der Waals surface area contributed by atoms with E-state index in [4.69, 9.17) is 0 Å². The first-order chi connectivity index (χ1) is 15.8. The van der Waals surface area contributed by atoms with Crippen molar-refractivity contribution in [3.05, 3.63) is 71.1 Å². The molecule has 3 N–H and O–H groups in total. The van der Waals surface area contributed by atoms with Gasteiger partial charge in [-0.15, -0.1) is 0 Å². The normalized spacial score (nSPS) is 22.5. The number of phenolic OH excluding ortho intramolecular Hbond substituents is 1. The lowest BCUT2D eigenvalue weighted by Crippen LogP contribution is -2.48. The third kappa shape index (κ3) is 4.46. The number of amides is 1. The maximum Gasteiger partial charge on any atom is 0.257 e. The summed E-state index contributed by atoms with van der Waals surface area (Å²) in [5.74, 6) is -0.608. The van der Waals surface area contributed by atoms with E-state index in [0.717, 1.165) is 25.7 Å². The molecule has 0 spiro atoms. The lowest BCUT2D eigenvalue weighted by Gasteiger charge is -2.42. The molecule has 33 heavy (non-hydrogen) atoms. The van der Waals surface area contributed by atoms with Crippen molar-refractivity contribution in [2.45, 2.75) is 43.7 Å². The molecule has 2 aromatic carbocycles. The van der Waals surface area contributed by atoms with Crippen LogP contribution >= 0.6 is 22.9 Å². The Hall–Kier alpha value is -2.59. The fourth-order valence-corrected chi connectivity index (χ4v) is 5.80. The van der Waals surface area contributed by atoms with Crippen LogP contribution < -0.4 is 5.32 Å². The Morgan fingerprint density at radius 1 is 1.06 bits per heavy atom. The molecule has 174 valence electrons. The summed E-state index contributed by atoms with van der Waals surface area (Å²) >= 11 is 2.18. The highest BCUT2D eigenvalue weighted by molar-refractivity contribution is 14.1. The molecule has 0 heterocycles. The predicted molar refractivity (Wildman–Crippen MR) is 135 cm³/mol. The number of hydrogen-bond acceptors (Lipinski definition) is 6. The SMILES string of the molecule is CN(C)C(=O)c1cccc(NC2=C(N(I)[C@@H]3CCCC[C@H]3c3ccccc3)C(=O)C2O)c1O. The fourth-order valence-electron chi connectivity index (χ4n) is 4.63. The van der Waals surface area contributed by atoms with Gasteiger partial charge in [-0.05, 0) is 30.5 Å². The molecule has 3 atom stereocenters. The van der Waals surface area contributed by atoms with Crippen LogP contribution in [0.5, 0.6) is 5.75 Å². The molecule has 1 unspecified atom stereocenters. The van der Waals surface area contributed by atoms with Crippen LogP contribution in [0.3, 0.4) is 0 Å². The summed E-state index contributed by atoms with van der Waals surface area (Å²) in [6.45, 7) is 0. The molecule has 0 aromatic heterocycles. The van der Waals surface area contributed by atoms with Crippen molar-refractivity contribution in [3.63, 3.8) is 0 Å². The Balaban J connectivity index is 1.65. The van der Waals surface area contributed by atoms with Crippen LogP contribution in [0.25, 0.3) is 0 Å². The smallest absolute Gasteiger partial charge is 0.257 e. The van der Waals surface area contributed by atoms with Gasteiger partial charge < -0.3 is 23.5 Å². The van der Waals surface area contributed by atoms with E-state index in [1.165, 1.54) is 16.5 Å². The van der Waals surface area contributed by atoms with Gasteiger partial charge in [0.2, 0.25) is 5.78 Å². The third-order valence-corrected chi connectivity index (χ3v) is 7.61. The highest BCUT2D eigenvalue weighted by Crippen LogP contribution is 2.43. The highest BCUT2D eigenvalue weighted by Gasteiger charge is 2.45. The molecule has 0 radical (unpaired) electrons. The second kappa shape index (κ2) is 9.72. The van der Waals surface area contributed by atoms with Crippen molar-refractivity contribution in [1.29, 1.82) is 0 Å². The van der Waals surface area contributed by atoms with Gasteiger partial charge in [-0.3, -0.25) is 9.59 Å². The van der Waals surface area contributed by atoms with Gasteiger partial charge >= 0.3 is 0 Å². The van der Waals surface area contributed by atoms with Gasteiger partial charge in [0.1, 0.15) is 5.70 Å². The van der Waals surface area contributed by atoms with Crippen molar-refractivity contribution >= 4 is 40.2 Å². The van der Waals surface area contributed by atoms with Crippen LogP contribution in [0, 0.1) is 0 Å². The second-order valence-electron chi connectivity index (χ2n) is 8.74. The molecule has 1 amide bonds. The Morgan fingerprint density at radius 3 is 2.45 bits per heavy atom. The Morgan fingerprint density at radius 2 is 1.76 bits per heavy atom. The molecule has 8 heteroatoms. The number of para-hydroxylation sites is 1. The van der Waals surface area contributed by atoms with Crippen molar-refractivity contribution in [2.24, 2.45) is 0 Å². The summed E-state index contributed by atoms with van der Waals surface area (Å²) in [5, 5.41) is 24.1. The van der Waals surface area contributed by atoms with E-state index in [0.29, 0.717) is 11.4 Å². The first kappa shape index (κ1) is 23.6. The van der Waals surface area contributed by atoms with Gasteiger partial charge in [-0.1, -0.05) is 49.2 Å². The van der Waals surface area contributed by atoms with Gasteiger partial charge in [0.25, 0.3) is 5.91 Å². The number of nitrogens with zero attached hydrogens (tertiary/aromatic N) is 2. The average molecular weight is 561 g/mol. The van der Waals surface area contributed by atoms with E-state index in [9.17, 15) is 19.8 Å². The number of halogens is 1. The van der Waals surface area contributed by atoms with Crippen LogP contribution in [0.4, 0.5) is 5.69 Å². The minimum absolute atomic E-state index is 0.111. The number of carbonyl (C=O) groups excluding carboxylic acids is 2. The van der Waals surface area contributed by atoms with Gasteiger partial charge in [0.15, 0.2) is 11.9 Å². The summed E-state index contributed by atoms with van der Waals surface area (Å²) in [5.41, 5.74) is 2.43. The van der Waals surface area contributed by atoms with E-state index >= 15 is 0 Å². The summed E-state index contributed by atoms with van der Waals surface area (Å²) in [6, 6.07) is 15.3. The molecule has 1 saturated carbocycles. The standard InChI is InChI=1S/C25H28IN3O4/c1-28(2)25(33)17-12-8-13-18(22(17)30)27-20-21(24(32)23(20)31)29(26)19-14-7-6-11-16(19)15-9-4-3-5-10-15/h3-5,8-10,12-13,16,19,23,27,30-31H,6-7,11,14H2,1-2H3/t16-,19+,23?/m0/s1. The number of carbonyl (C=O) groups is 2. The molecular weight excluding hydrogens is 533 g/mol. The maximum absolute atomic E-state index is 12.7. The Labute approximate surface area is 207 Å². The summed E-state index contributed by atoms with van der Waals surface area (Å²) in [4.78, 5) is 26.5. The minimum Gasteiger partial charge on any atom is -0.505 e. The molecule has 0 saturated heterocycles. The number of rotatable bonds is 6. The molecule has 1 fully saturated rings. The lowest BCUT2D eigenvalue weighted by molar-refractivity contribution is -0.125. The predicted octanol–water partition coefficient (Wildman–Crippen LogP) is 4.04. The van der Waals surface area contributed by atoms with Gasteiger partial charge in [-0.2, -0.15) is 0 Å². The summed E-state index contributed by atoms with van der Waals surface area (Å²) < 4.78 is 1.96. The summed E-state index contributed by atoms with van der Waals surface area (Å²) in [7, 11) is 3.22. The van der Waals surface area contributed by atoms with Crippen molar-refractivity contribution in [3.8, 4) is 5.75 Å². The number of aliphatic hydroxyl groups excluding tert-OH is 1. The first-order valence-electron chi connectivity index (χ1n) is 11.1. The highest BCUT2D eigenvalue weighted by atomic mass is 127.